The number of nitrogens with zero attached hydrogens (tertiary/aromatic N) is 2. The lowest BCUT2D eigenvalue weighted by molar-refractivity contribution is -0.135. The summed E-state index contributed by atoms with van der Waals surface area (Å²) in [5.74, 6) is -1.07. The predicted molar refractivity (Wildman–Crippen MR) is 128 cm³/mol. The monoisotopic (exact) mass is 452 g/mol. The van der Waals surface area contributed by atoms with Crippen molar-refractivity contribution in [2.24, 2.45) is 5.92 Å². The maximum Gasteiger partial charge on any atom is 0.251 e. The second kappa shape index (κ2) is 11.5. The largest absolute Gasteiger partial charge is 0.378 e. The fourth-order valence-corrected chi connectivity index (χ4v) is 3.64. The third-order valence-electron chi connectivity index (χ3n) is 5.54. The molecule has 0 aromatic heterocycles. The summed E-state index contributed by atoms with van der Waals surface area (Å²) in [6.07, 6.45) is 0. The highest BCUT2D eigenvalue weighted by Gasteiger charge is 2.28. The minimum atomic E-state index is -0.733. The molecular weight excluding hydrogens is 420 g/mol. The first-order valence-electron chi connectivity index (χ1n) is 11.2. The molecule has 0 radical (unpaired) electrons. The van der Waals surface area contributed by atoms with Crippen LogP contribution in [0.25, 0.3) is 0 Å². The Morgan fingerprint density at radius 1 is 1.00 bits per heavy atom. The molecule has 0 aliphatic carbocycles. The number of likely N-dealkylation sites (N-methyl/N-ethyl adjacent to an activating group) is 1. The van der Waals surface area contributed by atoms with E-state index in [9.17, 15) is 14.4 Å². The molecule has 1 atom stereocenters. The van der Waals surface area contributed by atoms with Crippen molar-refractivity contribution < 1.29 is 19.1 Å². The standard InChI is InChI=1S/C25H32N4O4/c1-18(2)23(27-24(31)19-7-5-4-6-8-19)25(32)28(3)17-22(30)26-20-9-11-21(12-10-20)29-13-15-33-16-14-29/h4-12,18,23H,13-17H2,1-3H3,(H,26,30)(H,27,31). The lowest BCUT2D eigenvalue weighted by Crippen LogP contribution is -2.51. The number of amides is 3. The van der Waals surface area contributed by atoms with E-state index < -0.39 is 6.04 Å². The first-order chi connectivity index (χ1) is 15.8. The summed E-state index contributed by atoms with van der Waals surface area (Å²) in [6, 6.07) is 15.6. The molecule has 1 aliphatic rings. The average Bonchev–Trinajstić information content (AvgIpc) is 2.83. The van der Waals surface area contributed by atoms with Gasteiger partial charge >= 0.3 is 0 Å². The van der Waals surface area contributed by atoms with Gasteiger partial charge in [-0.3, -0.25) is 14.4 Å². The minimum Gasteiger partial charge on any atom is -0.378 e. The summed E-state index contributed by atoms with van der Waals surface area (Å²) in [7, 11) is 1.56. The Balaban J connectivity index is 1.54. The summed E-state index contributed by atoms with van der Waals surface area (Å²) in [5, 5.41) is 5.63. The molecule has 1 fully saturated rings. The van der Waals surface area contributed by atoms with E-state index in [1.54, 1.807) is 31.3 Å². The Kier molecular flexibility index (Phi) is 8.43. The molecule has 1 saturated heterocycles. The van der Waals surface area contributed by atoms with Gasteiger partial charge in [0, 0.05) is 37.1 Å². The number of hydrogen-bond acceptors (Lipinski definition) is 5. The van der Waals surface area contributed by atoms with Crippen LogP contribution in [0, 0.1) is 5.92 Å². The number of hydrogen-bond donors (Lipinski definition) is 2. The van der Waals surface area contributed by atoms with Gasteiger partial charge in [-0.2, -0.15) is 0 Å². The van der Waals surface area contributed by atoms with Crippen LogP contribution in [0.4, 0.5) is 11.4 Å². The van der Waals surface area contributed by atoms with Gasteiger partial charge in [-0.15, -0.1) is 0 Å². The van der Waals surface area contributed by atoms with Crippen LogP contribution in [-0.4, -0.2) is 68.6 Å². The molecule has 8 nitrogen and oxygen atoms in total. The van der Waals surface area contributed by atoms with Crippen LogP contribution >= 0.6 is 0 Å². The first kappa shape index (κ1) is 24.3. The summed E-state index contributed by atoms with van der Waals surface area (Å²) >= 11 is 0. The van der Waals surface area contributed by atoms with Crippen LogP contribution in [0.2, 0.25) is 0 Å². The topological polar surface area (TPSA) is 91.0 Å². The fourth-order valence-electron chi connectivity index (χ4n) is 3.64. The molecule has 1 unspecified atom stereocenters. The molecule has 1 aliphatic heterocycles. The normalized spacial score (nSPS) is 14.5. The summed E-state index contributed by atoms with van der Waals surface area (Å²) in [4.78, 5) is 41.6. The summed E-state index contributed by atoms with van der Waals surface area (Å²) < 4.78 is 5.37. The third-order valence-corrected chi connectivity index (χ3v) is 5.54. The molecule has 3 amide bonds. The Labute approximate surface area is 194 Å². The molecular formula is C25H32N4O4. The van der Waals surface area contributed by atoms with Crippen molar-refractivity contribution in [3.8, 4) is 0 Å². The van der Waals surface area contributed by atoms with Crippen LogP contribution in [0.3, 0.4) is 0 Å². The van der Waals surface area contributed by atoms with Gasteiger partial charge in [-0.05, 0) is 42.3 Å². The van der Waals surface area contributed by atoms with E-state index in [-0.39, 0.29) is 30.2 Å². The smallest absolute Gasteiger partial charge is 0.251 e. The van der Waals surface area contributed by atoms with Gasteiger partial charge in [0.25, 0.3) is 5.91 Å². The maximum absolute atomic E-state index is 13.0. The Morgan fingerprint density at radius 3 is 2.24 bits per heavy atom. The zero-order valence-electron chi connectivity index (χ0n) is 19.4. The highest BCUT2D eigenvalue weighted by Crippen LogP contribution is 2.19. The van der Waals surface area contributed by atoms with Crippen molar-refractivity contribution in [2.45, 2.75) is 19.9 Å². The van der Waals surface area contributed by atoms with Gasteiger partial charge in [-0.25, -0.2) is 0 Å². The molecule has 2 aromatic carbocycles. The van der Waals surface area contributed by atoms with Crippen LogP contribution < -0.4 is 15.5 Å². The number of carbonyl (C=O) groups is 3. The Bertz CT molecular complexity index is 941. The molecule has 0 saturated carbocycles. The number of benzene rings is 2. The quantitative estimate of drug-likeness (QED) is 0.642. The minimum absolute atomic E-state index is 0.117. The van der Waals surface area contributed by atoms with Crippen molar-refractivity contribution in [1.29, 1.82) is 0 Å². The van der Waals surface area contributed by atoms with Gasteiger partial charge in [0.05, 0.1) is 19.8 Å². The molecule has 2 aromatic rings. The van der Waals surface area contributed by atoms with Crippen LogP contribution in [0.1, 0.15) is 24.2 Å². The third kappa shape index (κ3) is 6.79. The van der Waals surface area contributed by atoms with Crippen molar-refractivity contribution >= 4 is 29.1 Å². The average molecular weight is 453 g/mol. The van der Waals surface area contributed by atoms with Crippen molar-refractivity contribution in [1.82, 2.24) is 10.2 Å². The SMILES string of the molecule is CC(C)C(NC(=O)c1ccccc1)C(=O)N(C)CC(=O)Nc1ccc(N2CCOCC2)cc1. The number of anilines is 2. The van der Waals surface area contributed by atoms with E-state index in [2.05, 4.69) is 15.5 Å². The summed E-state index contributed by atoms with van der Waals surface area (Å²) in [5.41, 5.74) is 2.23. The molecule has 3 rings (SSSR count). The zero-order valence-corrected chi connectivity index (χ0v) is 19.4. The fraction of sp³-hybridized carbons (Fsp3) is 0.400. The first-order valence-corrected chi connectivity index (χ1v) is 11.2. The van der Waals surface area contributed by atoms with E-state index in [1.165, 1.54) is 4.90 Å². The highest BCUT2D eigenvalue weighted by molar-refractivity contribution is 5.99. The molecule has 1 heterocycles. The van der Waals surface area contributed by atoms with E-state index in [1.807, 2.05) is 44.2 Å². The second-order valence-corrected chi connectivity index (χ2v) is 8.45. The van der Waals surface area contributed by atoms with E-state index in [0.717, 1.165) is 18.8 Å². The van der Waals surface area contributed by atoms with E-state index >= 15 is 0 Å². The number of ether oxygens (including phenoxy) is 1. The van der Waals surface area contributed by atoms with Crippen LogP contribution in [-0.2, 0) is 14.3 Å². The number of morpholine rings is 1. The Hall–Kier alpha value is -3.39. The summed E-state index contributed by atoms with van der Waals surface area (Å²) in [6.45, 7) is 6.71. The van der Waals surface area contributed by atoms with Gasteiger partial charge in [0.1, 0.15) is 6.04 Å². The molecule has 2 N–H and O–H groups in total. The van der Waals surface area contributed by atoms with Gasteiger partial charge < -0.3 is 25.2 Å². The van der Waals surface area contributed by atoms with E-state index in [4.69, 9.17) is 4.74 Å². The number of nitrogens with one attached hydrogen (secondary N) is 2. The highest BCUT2D eigenvalue weighted by atomic mass is 16.5. The van der Waals surface area contributed by atoms with E-state index in [0.29, 0.717) is 24.5 Å². The van der Waals surface area contributed by atoms with Gasteiger partial charge in [0.2, 0.25) is 11.8 Å². The van der Waals surface area contributed by atoms with Crippen LogP contribution in [0.15, 0.2) is 54.6 Å². The van der Waals surface area contributed by atoms with Crippen LogP contribution in [0.5, 0.6) is 0 Å². The number of rotatable bonds is 8. The molecule has 33 heavy (non-hydrogen) atoms. The van der Waals surface area contributed by atoms with Gasteiger partial charge in [0.15, 0.2) is 0 Å². The molecule has 0 spiro atoms. The lowest BCUT2D eigenvalue weighted by Gasteiger charge is -2.29. The maximum atomic E-state index is 13.0. The second-order valence-electron chi connectivity index (χ2n) is 8.45. The molecule has 8 heteroatoms. The Morgan fingerprint density at radius 2 is 1.64 bits per heavy atom. The lowest BCUT2D eigenvalue weighted by atomic mass is 10.0. The molecule has 176 valence electrons. The number of carbonyl (C=O) groups excluding carboxylic acids is 3. The van der Waals surface area contributed by atoms with Crippen molar-refractivity contribution in [2.75, 3.05) is 50.1 Å². The predicted octanol–water partition coefficient (Wildman–Crippen LogP) is 2.37. The van der Waals surface area contributed by atoms with Gasteiger partial charge in [-0.1, -0.05) is 32.0 Å². The van der Waals surface area contributed by atoms with Crippen molar-refractivity contribution in [3.05, 3.63) is 60.2 Å². The van der Waals surface area contributed by atoms with Crippen molar-refractivity contribution in [3.63, 3.8) is 0 Å². The molecule has 0 bridgehead atoms. The zero-order chi connectivity index (χ0) is 23.8.